The maximum absolute atomic E-state index is 4.96. The van der Waals surface area contributed by atoms with Crippen LogP contribution in [0.1, 0.15) is 217 Å². The Morgan fingerprint density at radius 2 is 1.00 bits per heavy atom. The zero-order valence-electron chi connectivity index (χ0n) is 41.4. The van der Waals surface area contributed by atoms with Crippen LogP contribution in [0.25, 0.3) is 51.8 Å². The minimum Gasteiger partial charge on any atom is -0.173 e. The fourth-order valence-corrected chi connectivity index (χ4v) is 17.5. The van der Waals surface area contributed by atoms with Crippen molar-refractivity contribution in [2.45, 2.75) is 208 Å². The van der Waals surface area contributed by atoms with Crippen molar-refractivity contribution in [2.24, 2.45) is 23.7 Å². The van der Waals surface area contributed by atoms with Crippen molar-refractivity contribution >= 4 is 66.9 Å². The number of fused-ring (bicyclic) bond motifs is 10. The molecule has 4 unspecified atom stereocenters. The van der Waals surface area contributed by atoms with Gasteiger partial charge in [0, 0.05) is 45.5 Å². The zero-order chi connectivity index (χ0) is 45.2. The van der Waals surface area contributed by atoms with E-state index < -0.39 is 0 Å². The van der Waals surface area contributed by atoms with Crippen molar-refractivity contribution in [1.82, 2.24) is 8.75 Å². The Labute approximate surface area is 404 Å². The van der Waals surface area contributed by atoms with E-state index in [1.54, 1.807) is 52.5 Å². The fourth-order valence-electron chi connectivity index (χ4n) is 12.8. The normalized spacial score (nSPS) is 19.6. The van der Waals surface area contributed by atoms with E-state index >= 15 is 0 Å². The van der Waals surface area contributed by atoms with Crippen LogP contribution in [0.15, 0.2) is 36.4 Å². The number of aryl methyl sites for hydroxylation is 2. The molecule has 4 heterocycles. The average Bonchev–Trinajstić information content (AvgIpc) is 4.17. The molecule has 346 valence electrons. The van der Waals surface area contributed by atoms with Crippen LogP contribution in [0, 0.1) is 37.5 Å². The van der Waals surface area contributed by atoms with Crippen LogP contribution in [-0.4, -0.2) is 8.75 Å². The second kappa shape index (κ2) is 20.9. The highest BCUT2D eigenvalue weighted by Crippen LogP contribution is 2.67. The Hall–Kier alpha value is -2.38. The van der Waals surface area contributed by atoms with E-state index in [4.69, 9.17) is 8.75 Å². The summed E-state index contributed by atoms with van der Waals surface area (Å²) in [6.07, 6.45) is 26.0. The third kappa shape index (κ3) is 8.68. The molecule has 6 aromatic rings. The van der Waals surface area contributed by atoms with E-state index in [1.165, 1.54) is 161 Å². The first-order chi connectivity index (χ1) is 31.1. The van der Waals surface area contributed by atoms with Crippen molar-refractivity contribution < 1.29 is 0 Å². The Kier molecular flexibility index (Phi) is 15.7. The molecule has 0 fully saturated rings. The molecule has 2 aliphatic rings. The molecule has 4 atom stereocenters. The van der Waals surface area contributed by atoms with Crippen LogP contribution in [0.2, 0.25) is 0 Å². The molecule has 8 rings (SSSR count). The molecule has 0 amide bonds. The average molecular weight is 934 g/mol. The summed E-state index contributed by atoms with van der Waals surface area (Å²) in [4.78, 5) is 7.66. The van der Waals surface area contributed by atoms with Crippen LogP contribution in [0.3, 0.4) is 0 Å². The van der Waals surface area contributed by atoms with Gasteiger partial charge < -0.3 is 0 Å². The van der Waals surface area contributed by atoms with E-state index in [-0.39, 0.29) is 10.8 Å². The van der Waals surface area contributed by atoms with Gasteiger partial charge in [-0.15, -0.1) is 34.0 Å². The molecule has 0 aliphatic heterocycles. The largest absolute Gasteiger partial charge is 0.173 e. The zero-order valence-corrected chi connectivity index (χ0v) is 44.7. The highest BCUT2D eigenvalue weighted by molar-refractivity contribution is 7.28. The standard InChI is InChI=1S/C58H80N2S4/c1-11-19-23-39(15-5)33-57(34-40(16-6)24-20-12-2)46-31-38(10)61-53(46)44-29-30-45-50-56(63-54(45)49(44)57)55-47(32-48(62-55)43-28-27-37(9)51-52(43)60-64-59-51)58(50,35-41(17-7)25-21-13-3)36-42(18-8)26-22-14-4/h27-32,39-42H,11-26,33-36H2,1-10H3. The summed E-state index contributed by atoms with van der Waals surface area (Å²) in [6.45, 7) is 24.1. The SMILES string of the molecule is CCCCC(CC)CC1(CC(CC)CCCC)c2cc(-c3ccc(C)c4nsnc34)sc2-c2sc3c4c(ccc3c21)-c1sc(C)cc1C4(CC(CC)CCCC)CC(CC)CCCC. The molecule has 2 nitrogen and oxygen atoms in total. The molecule has 2 aliphatic carbocycles. The van der Waals surface area contributed by atoms with Crippen LogP contribution in [0.5, 0.6) is 0 Å². The van der Waals surface area contributed by atoms with Crippen molar-refractivity contribution in [1.29, 1.82) is 0 Å². The smallest absolute Gasteiger partial charge is 0.113 e. The van der Waals surface area contributed by atoms with Gasteiger partial charge in [0.15, 0.2) is 0 Å². The molecule has 0 saturated heterocycles. The second-order valence-electron chi connectivity index (χ2n) is 20.7. The Morgan fingerprint density at radius 3 is 1.53 bits per heavy atom. The first-order valence-electron chi connectivity index (χ1n) is 26.2. The van der Waals surface area contributed by atoms with Crippen LogP contribution >= 0.6 is 45.7 Å². The summed E-state index contributed by atoms with van der Waals surface area (Å²) >= 11 is 7.78. The molecular weight excluding hydrogens is 853 g/mol. The van der Waals surface area contributed by atoms with Gasteiger partial charge in [-0.1, -0.05) is 182 Å². The molecule has 64 heavy (non-hydrogen) atoms. The maximum Gasteiger partial charge on any atom is 0.113 e. The van der Waals surface area contributed by atoms with E-state index in [1.807, 2.05) is 0 Å². The lowest BCUT2D eigenvalue weighted by molar-refractivity contribution is 0.266. The van der Waals surface area contributed by atoms with E-state index in [2.05, 4.69) is 140 Å². The topological polar surface area (TPSA) is 25.8 Å². The van der Waals surface area contributed by atoms with Crippen molar-refractivity contribution in [3.8, 4) is 30.6 Å². The van der Waals surface area contributed by atoms with Crippen LogP contribution < -0.4 is 0 Å². The summed E-state index contributed by atoms with van der Waals surface area (Å²) in [6, 6.07) is 15.3. The monoisotopic (exact) mass is 933 g/mol. The number of thiophene rings is 3. The molecule has 0 bridgehead atoms. The third-order valence-electron chi connectivity index (χ3n) is 16.5. The summed E-state index contributed by atoms with van der Waals surface area (Å²) < 4.78 is 11.4. The molecule has 2 aromatic carbocycles. The molecule has 0 N–H and O–H groups in total. The molecule has 0 radical (unpaired) electrons. The quantitative estimate of drug-likeness (QED) is 0.0572. The lowest BCUT2D eigenvalue weighted by Gasteiger charge is -2.39. The summed E-state index contributed by atoms with van der Waals surface area (Å²) in [7, 11) is 0. The first-order valence-corrected chi connectivity index (χ1v) is 29.4. The molecule has 4 aromatic heterocycles. The minimum atomic E-state index is -0.0122. The minimum absolute atomic E-state index is 0.0122. The molecule has 0 saturated carbocycles. The van der Waals surface area contributed by atoms with Crippen LogP contribution in [-0.2, 0) is 10.8 Å². The van der Waals surface area contributed by atoms with Gasteiger partial charge in [-0.3, -0.25) is 0 Å². The van der Waals surface area contributed by atoms with Gasteiger partial charge in [-0.25, -0.2) is 0 Å². The van der Waals surface area contributed by atoms with Gasteiger partial charge in [0.2, 0.25) is 0 Å². The van der Waals surface area contributed by atoms with Gasteiger partial charge in [0.1, 0.15) is 11.0 Å². The number of aromatic nitrogens is 2. The Morgan fingerprint density at radius 1 is 0.500 bits per heavy atom. The first kappa shape index (κ1) is 48.1. The summed E-state index contributed by atoms with van der Waals surface area (Å²) in [5, 5.41) is 1.61. The molecular formula is C58H80N2S4. The van der Waals surface area contributed by atoms with Gasteiger partial charge >= 0.3 is 0 Å². The van der Waals surface area contributed by atoms with Crippen LogP contribution in [0.4, 0.5) is 0 Å². The highest BCUT2D eigenvalue weighted by Gasteiger charge is 2.52. The van der Waals surface area contributed by atoms with Gasteiger partial charge in [-0.2, -0.15) is 8.75 Å². The van der Waals surface area contributed by atoms with Gasteiger partial charge in [0.05, 0.1) is 11.7 Å². The fraction of sp³-hybridized carbons (Fsp3) is 0.621. The van der Waals surface area contributed by atoms with Crippen molar-refractivity contribution in [3.63, 3.8) is 0 Å². The molecule has 6 heteroatoms. The van der Waals surface area contributed by atoms with Crippen molar-refractivity contribution in [3.05, 3.63) is 69.1 Å². The lowest BCUT2D eigenvalue weighted by Crippen LogP contribution is -2.32. The summed E-state index contributed by atoms with van der Waals surface area (Å²) in [5.41, 5.74) is 13.1. The number of nitrogens with zero attached hydrogens (tertiary/aromatic N) is 2. The number of hydrogen-bond donors (Lipinski definition) is 0. The number of hydrogen-bond acceptors (Lipinski definition) is 6. The molecule has 0 spiro atoms. The number of rotatable bonds is 25. The third-order valence-corrected chi connectivity index (χ3v) is 20.7. The lowest BCUT2D eigenvalue weighted by atomic mass is 9.64. The number of unbranched alkanes of at least 4 members (excludes halogenated alkanes) is 4. The predicted molar refractivity (Wildman–Crippen MR) is 288 cm³/mol. The maximum atomic E-state index is 4.96. The van der Waals surface area contributed by atoms with E-state index in [0.29, 0.717) is 11.8 Å². The Bertz CT molecular complexity index is 2450. The van der Waals surface area contributed by atoms with Gasteiger partial charge in [0.25, 0.3) is 0 Å². The van der Waals surface area contributed by atoms with E-state index in [9.17, 15) is 0 Å². The Balaban J connectivity index is 1.43. The second-order valence-corrected chi connectivity index (χ2v) is 24.5. The van der Waals surface area contributed by atoms with Gasteiger partial charge in [-0.05, 0) is 114 Å². The summed E-state index contributed by atoms with van der Waals surface area (Å²) in [5.74, 6) is 2.86. The van der Waals surface area contributed by atoms with E-state index in [0.717, 1.165) is 22.9 Å². The predicted octanol–water partition coefficient (Wildman–Crippen LogP) is 20.3. The highest BCUT2D eigenvalue weighted by atomic mass is 32.1. The van der Waals surface area contributed by atoms with Crippen molar-refractivity contribution in [2.75, 3.05) is 0 Å². The number of benzene rings is 2.